The van der Waals surface area contributed by atoms with Gasteiger partial charge in [-0.2, -0.15) is 13.2 Å². The maximum absolute atomic E-state index is 14.2. The van der Waals surface area contributed by atoms with Gasteiger partial charge in [0, 0.05) is 0 Å². The summed E-state index contributed by atoms with van der Waals surface area (Å²) in [4.78, 5) is 25.8. The first-order chi connectivity index (χ1) is 13.4. The van der Waals surface area contributed by atoms with E-state index >= 15 is 0 Å². The van der Waals surface area contributed by atoms with Gasteiger partial charge in [-0.1, -0.05) is 6.07 Å². The van der Waals surface area contributed by atoms with Crippen molar-refractivity contribution in [3.8, 4) is 0 Å². The summed E-state index contributed by atoms with van der Waals surface area (Å²) < 4.78 is 63.3. The molecule has 1 aliphatic rings. The van der Waals surface area contributed by atoms with E-state index in [1.165, 1.54) is 4.90 Å². The van der Waals surface area contributed by atoms with E-state index in [0.717, 1.165) is 6.07 Å². The van der Waals surface area contributed by atoms with Crippen molar-refractivity contribution in [3.05, 3.63) is 35.1 Å². The molecule has 0 aromatic heterocycles. The lowest BCUT2D eigenvalue weighted by atomic mass is 9.82. The molecule has 0 unspecified atom stereocenters. The van der Waals surface area contributed by atoms with Crippen LogP contribution in [0, 0.1) is 5.82 Å². The molecule has 0 aliphatic carbocycles. The van der Waals surface area contributed by atoms with Gasteiger partial charge in [0.05, 0.1) is 18.7 Å². The number of amides is 2. The predicted octanol–water partition coefficient (Wildman–Crippen LogP) is 4.82. The summed E-state index contributed by atoms with van der Waals surface area (Å²) >= 11 is 0. The molecule has 10 heteroatoms. The molecule has 0 radical (unpaired) electrons. The van der Waals surface area contributed by atoms with Gasteiger partial charge in [0.25, 0.3) is 0 Å². The Labute approximate surface area is 172 Å². The molecule has 0 spiro atoms. The fourth-order valence-corrected chi connectivity index (χ4v) is 2.94. The van der Waals surface area contributed by atoms with Crippen LogP contribution < -0.4 is 5.32 Å². The summed E-state index contributed by atoms with van der Waals surface area (Å²) in [6.45, 7) is 9.74. The minimum Gasteiger partial charge on any atom is -0.444 e. The smallest absolute Gasteiger partial charge is 0.419 e. The molecule has 1 heterocycles. The normalized spacial score (nSPS) is 16.5. The van der Waals surface area contributed by atoms with Crippen LogP contribution in [-0.4, -0.2) is 41.4 Å². The number of nitrogens with one attached hydrogen (secondary N) is 1. The van der Waals surface area contributed by atoms with Crippen molar-refractivity contribution >= 4 is 12.2 Å². The topological polar surface area (TPSA) is 67.9 Å². The van der Waals surface area contributed by atoms with Gasteiger partial charge in [0.15, 0.2) is 0 Å². The zero-order chi connectivity index (χ0) is 23.1. The Hall–Kier alpha value is -2.52. The molecular formula is C20H26F4N2O4. The molecule has 1 N–H and O–H groups in total. The highest BCUT2D eigenvalue weighted by Crippen LogP contribution is 2.37. The first-order valence-corrected chi connectivity index (χ1v) is 9.28. The molecule has 30 heavy (non-hydrogen) atoms. The number of benzene rings is 1. The van der Waals surface area contributed by atoms with Crippen LogP contribution in [0.3, 0.4) is 0 Å². The van der Waals surface area contributed by atoms with Crippen LogP contribution in [0.2, 0.25) is 0 Å². The molecule has 1 saturated heterocycles. The SMILES string of the molecule is CC(C)(C)OC(=O)NC1(c2ccc(C(F)(F)F)c(F)c2)CN(C(=O)OC(C)(C)C)C1. The van der Waals surface area contributed by atoms with Crippen molar-refractivity contribution in [2.75, 3.05) is 13.1 Å². The monoisotopic (exact) mass is 434 g/mol. The Kier molecular flexibility index (Phi) is 6.04. The lowest BCUT2D eigenvalue weighted by molar-refractivity contribution is -0.140. The van der Waals surface area contributed by atoms with Crippen molar-refractivity contribution in [1.82, 2.24) is 10.2 Å². The number of hydrogen-bond donors (Lipinski definition) is 1. The van der Waals surface area contributed by atoms with Crippen LogP contribution in [0.5, 0.6) is 0 Å². The number of alkyl halides is 3. The van der Waals surface area contributed by atoms with E-state index < -0.39 is 46.5 Å². The van der Waals surface area contributed by atoms with Crippen molar-refractivity contribution < 1.29 is 36.6 Å². The average molecular weight is 434 g/mol. The fourth-order valence-electron chi connectivity index (χ4n) is 2.94. The Morgan fingerprint density at radius 1 is 1.00 bits per heavy atom. The molecular weight excluding hydrogens is 408 g/mol. The second kappa shape index (κ2) is 7.63. The van der Waals surface area contributed by atoms with Gasteiger partial charge in [-0.15, -0.1) is 0 Å². The number of rotatable bonds is 2. The van der Waals surface area contributed by atoms with Gasteiger partial charge in [-0.25, -0.2) is 14.0 Å². The second-order valence-electron chi connectivity index (χ2n) is 9.24. The third kappa shape index (κ3) is 5.76. The molecule has 1 aromatic carbocycles. The number of ether oxygens (including phenoxy) is 2. The Morgan fingerprint density at radius 3 is 1.97 bits per heavy atom. The van der Waals surface area contributed by atoms with Gasteiger partial charge < -0.3 is 19.7 Å². The number of carbonyl (C=O) groups excluding carboxylic acids is 2. The second-order valence-corrected chi connectivity index (χ2v) is 9.24. The summed E-state index contributed by atoms with van der Waals surface area (Å²) in [6, 6.07) is 2.40. The maximum atomic E-state index is 14.2. The van der Waals surface area contributed by atoms with E-state index in [9.17, 15) is 27.2 Å². The standard InChI is InChI=1S/C20H26F4N2O4/c1-17(2,3)29-15(27)25-19(10-26(11-19)16(28)30-18(4,5)6)12-7-8-13(14(21)9-12)20(22,23)24/h7-9H,10-11H2,1-6H3,(H,25,27). The van der Waals surface area contributed by atoms with Crippen LogP contribution >= 0.6 is 0 Å². The first-order valence-electron chi connectivity index (χ1n) is 9.28. The van der Waals surface area contributed by atoms with Gasteiger partial charge >= 0.3 is 18.4 Å². The largest absolute Gasteiger partial charge is 0.444 e. The highest BCUT2D eigenvalue weighted by Gasteiger charge is 2.50. The van der Waals surface area contributed by atoms with Crippen molar-refractivity contribution in [2.45, 2.75) is 64.5 Å². The molecule has 168 valence electrons. The van der Waals surface area contributed by atoms with E-state index in [0.29, 0.717) is 12.1 Å². The Bertz CT molecular complexity index is 820. The number of likely N-dealkylation sites (tertiary alicyclic amines) is 1. The minimum atomic E-state index is -4.85. The highest BCUT2D eigenvalue weighted by molar-refractivity contribution is 5.73. The first kappa shape index (κ1) is 23.8. The highest BCUT2D eigenvalue weighted by atomic mass is 19.4. The Morgan fingerprint density at radius 2 is 1.53 bits per heavy atom. The van der Waals surface area contributed by atoms with Crippen molar-refractivity contribution in [1.29, 1.82) is 0 Å². The Balaban J connectivity index is 2.31. The van der Waals surface area contributed by atoms with E-state index in [4.69, 9.17) is 9.47 Å². The van der Waals surface area contributed by atoms with Crippen LogP contribution in [-0.2, 0) is 21.2 Å². The van der Waals surface area contributed by atoms with Gasteiger partial charge in [-0.3, -0.25) is 0 Å². The van der Waals surface area contributed by atoms with E-state index in [1.54, 1.807) is 41.5 Å². The van der Waals surface area contributed by atoms with Gasteiger partial charge in [-0.05, 0) is 59.2 Å². The van der Waals surface area contributed by atoms with Crippen molar-refractivity contribution in [2.24, 2.45) is 0 Å². The maximum Gasteiger partial charge on any atom is 0.419 e. The average Bonchev–Trinajstić information content (AvgIpc) is 2.45. The molecule has 2 amide bonds. The molecule has 1 aliphatic heterocycles. The van der Waals surface area contributed by atoms with Crippen molar-refractivity contribution in [3.63, 3.8) is 0 Å². The zero-order valence-electron chi connectivity index (χ0n) is 17.7. The third-order valence-corrected chi connectivity index (χ3v) is 4.14. The number of halogens is 4. The lowest BCUT2D eigenvalue weighted by Crippen LogP contribution is -2.69. The molecule has 1 aromatic rings. The summed E-state index contributed by atoms with van der Waals surface area (Å²) in [5.74, 6) is -1.47. The van der Waals surface area contributed by atoms with E-state index in [-0.39, 0.29) is 18.7 Å². The summed E-state index contributed by atoms with van der Waals surface area (Å²) in [5, 5.41) is 2.58. The van der Waals surface area contributed by atoms with Crippen LogP contribution in [0.1, 0.15) is 52.7 Å². The number of alkyl carbamates (subject to hydrolysis) is 1. The van der Waals surface area contributed by atoms with Crippen LogP contribution in [0.25, 0.3) is 0 Å². The molecule has 0 bridgehead atoms. The molecule has 6 nitrogen and oxygen atoms in total. The minimum absolute atomic E-state index is 0.0821. The van der Waals surface area contributed by atoms with Gasteiger partial charge in [0.2, 0.25) is 0 Å². The van der Waals surface area contributed by atoms with E-state index in [2.05, 4.69) is 5.32 Å². The van der Waals surface area contributed by atoms with E-state index in [1.807, 2.05) is 0 Å². The molecule has 0 atom stereocenters. The summed E-state index contributed by atoms with van der Waals surface area (Å²) in [5.41, 5.74) is -4.23. The number of nitrogens with zero attached hydrogens (tertiary/aromatic N) is 1. The number of carbonyl (C=O) groups is 2. The molecule has 0 saturated carbocycles. The third-order valence-electron chi connectivity index (χ3n) is 4.14. The summed E-state index contributed by atoms with van der Waals surface area (Å²) in [7, 11) is 0. The summed E-state index contributed by atoms with van der Waals surface area (Å²) in [6.07, 6.45) is -6.35. The number of hydrogen-bond acceptors (Lipinski definition) is 4. The van der Waals surface area contributed by atoms with Crippen LogP contribution in [0.4, 0.5) is 27.2 Å². The molecule has 1 fully saturated rings. The van der Waals surface area contributed by atoms with Gasteiger partial charge in [0.1, 0.15) is 22.6 Å². The fraction of sp³-hybridized carbons (Fsp3) is 0.600. The van der Waals surface area contributed by atoms with Crippen LogP contribution in [0.15, 0.2) is 18.2 Å². The zero-order valence-corrected chi connectivity index (χ0v) is 17.7. The predicted molar refractivity (Wildman–Crippen MR) is 100 cm³/mol. The quantitative estimate of drug-likeness (QED) is 0.678. The molecule has 2 rings (SSSR count). The lowest BCUT2D eigenvalue weighted by Gasteiger charge is -2.50.